The highest BCUT2D eigenvalue weighted by molar-refractivity contribution is 7.07. The van der Waals surface area contributed by atoms with Gasteiger partial charge >= 0.3 is 5.97 Å². The first-order valence-electron chi connectivity index (χ1n) is 13.4. The minimum Gasteiger partial charge on any atom is -0.490 e. The molecule has 2 heterocycles. The Morgan fingerprint density at radius 2 is 1.83 bits per heavy atom. The molecule has 0 unspecified atom stereocenters. The van der Waals surface area contributed by atoms with Gasteiger partial charge in [-0.2, -0.15) is 0 Å². The van der Waals surface area contributed by atoms with E-state index in [2.05, 4.69) is 0 Å². The first kappa shape index (κ1) is 29.6. The molecule has 1 aliphatic rings. The maximum absolute atomic E-state index is 13.9. The molecule has 0 bridgehead atoms. The number of nitrogens with zero attached hydrogens (tertiary/aromatic N) is 2. The third-order valence-electron chi connectivity index (χ3n) is 6.67. The lowest BCUT2D eigenvalue weighted by atomic mass is 9.95. The number of benzene rings is 3. The Hall–Kier alpha value is -3.85. The van der Waals surface area contributed by atoms with Crippen LogP contribution in [0.1, 0.15) is 43.0 Å². The van der Waals surface area contributed by atoms with E-state index >= 15 is 0 Å². The number of carbonyl (C=O) groups is 1. The maximum Gasteiger partial charge on any atom is 0.338 e. The standard InChI is InChI=1S/C32H28Cl2N2O5S/c1-4-24-27(31(38)39-3)28(21-11-7-6-8-12-21)36-30(37)26(42-32(36)35-24)17-20-15-23(34)29(25(16-20)40-5-2)41-18-19-10-9-13-22(33)14-19/h6-17,28H,4-5,18H2,1-3H3/b26-17+/t28-/m1/s1. The van der Waals surface area contributed by atoms with Crippen molar-refractivity contribution in [2.75, 3.05) is 13.7 Å². The Morgan fingerprint density at radius 3 is 2.52 bits per heavy atom. The van der Waals surface area contributed by atoms with Crippen LogP contribution < -0.4 is 24.4 Å². The summed E-state index contributed by atoms with van der Waals surface area (Å²) in [5.41, 5.74) is 2.99. The van der Waals surface area contributed by atoms with Crippen LogP contribution in [0, 0.1) is 0 Å². The SMILES string of the molecule is CCOc1cc(/C=c2/sc3n(c2=O)[C@H](c2ccccc2)C(C(=O)OC)=C(CC)N=3)cc(Cl)c1OCc1cccc(Cl)c1. The predicted molar refractivity (Wildman–Crippen MR) is 165 cm³/mol. The number of hydrogen-bond acceptors (Lipinski definition) is 7. The molecule has 0 amide bonds. The number of fused-ring (bicyclic) bond motifs is 1. The molecule has 3 aromatic carbocycles. The van der Waals surface area contributed by atoms with Crippen LogP contribution in [-0.4, -0.2) is 24.3 Å². The van der Waals surface area contributed by atoms with Gasteiger partial charge in [0, 0.05) is 5.02 Å². The minimum atomic E-state index is -0.670. The van der Waals surface area contributed by atoms with Gasteiger partial charge in [-0.15, -0.1) is 0 Å². The second-order valence-corrected chi connectivity index (χ2v) is 11.2. The molecule has 7 nitrogen and oxygen atoms in total. The molecule has 0 aliphatic carbocycles. The number of hydrogen-bond donors (Lipinski definition) is 0. The van der Waals surface area contributed by atoms with Gasteiger partial charge in [0.15, 0.2) is 16.3 Å². The molecule has 0 saturated heterocycles. The largest absolute Gasteiger partial charge is 0.490 e. The number of thiazole rings is 1. The highest BCUT2D eigenvalue weighted by atomic mass is 35.5. The fourth-order valence-corrected chi connectivity index (χ4v) is 6.33. The lowest BCUT2D eigenvalue weighted by Gasteiger charge is -2.25. The van der Waals surface area contributed by atoms with E-state index in [1.165, 1.54) is 18.4 Å². The van der Waals surface area contributed by atoms with E-state index in [4.69, 9.17) is 42.4 Å². The van der Waals surface area contributed by atoms with Gasteiger partial charge in [0.25, 0.3) is 5.56 Å². The summed E-state index contributed by atoms with van der Waals surface area (Å²) in [4.78, 5) is 32.1. The zero-order valence-corrected chi connectivity index (χ0v) is 25.6. The molecule has 0 spiro atoms. The average molecular weight is 624 g/mol. The van der Waals surface area contributed by atoms with Crippen molar-refractivity contribution in [1.29, 1.82) is 0 Å². The summed E-state index contributed by atoms with van der Waals surface area (Å²) in [6.07, 6.45) is 2.25. The molecule has 4 aromatic rings. The van der Waals surface area contributed by atoms with Crippen LogP contribution in [0.2, 0.25) is 10.0 Å². The van der Waals surface area contributed by atoms with Crippen LogP contribution in [0.5, 0.6) is 11.5 Å². The summed E-state index contributed by atoms with van der Waals surface area (Å²) in [7, 11) is 1.33. The molecular formula is C32H28Cl2N2O5S. The zero-order chi connectivity index (χ0) is 29.8. The van der Waals surface area contributed by atoms with Crippen molar-refractivity contribution in [3.8, 4) is 11.5 Å². The van der Waals surface area contributed by atoms with E-state index in [1.807, 2.05) is 62.4 Å². The van der Waals surface area contributed by atoms with Gasteiger partial charge in [-0.1, -0.05) is 83.9 Å². The number of ether oxygens (including phenoxy) is 3. The molecule has 216 valence electrons. The monoisotopic (exact) mass is 622 g/mol. The van der Waals surface area contributed by atoms with Gasteiger partial charge in [-0.25, -0.2) is 9.79 Å². The quantitative estimate of drug-likeness (QED) is 0.211. The van der Waals surface area contributed by atoms with E-state index in [0.717, 1.165) is 11.1 Å². The lowest BCUT2D eigenvalue weighted by molar-refractivity contribution is -0.136. The highest BCUT2D eigenvalue weighted by Gasteiger charge is 2.33. The third kappa shape index (κ3) is 6.02. The second kappa shape index (κ2) is 13.0. The third-order valence-corrected chi connectivity index (χ3v) is 8.17. The molecule has 10 heteroatoms. The predicted octanol–water partition coefficient (Wildman–Crippen LogP) is 6.08. The Kier molecular flexibility index (Phi) is 9.16. The first-order chi connectivity index (χ1) is 20.3. The van der Waals surface area contributed by atoms with E-state index in [-0.39, 0.29) is 12.2 Å². The van der Waals surface area contributed by atoms with Gasteiger partial charge in [-0.05, 0) is 60.4 Å². The van der Waals surface area contributed by atoms with Gasteiger partial charge in [0.1, 0.15) is 6.61 Å². The summed E-state index contributed by atoms with van der Waals surface area (Å²) in [5, 5.41) is 0.953. The number of methoxy groups -OCH3 is 1. The normalized spacial score (nSPS) is 14.8. The summed E-state index contributed by atoms with van der Waals surface area (Å²) >= 11 is 14.0. The summed E-state index contributed by atoms with van der Waals surface area (Å²) < 4.78 is 19.0. The van der Waals surface area contributed by atoms with E-state index < -0.39 is 12.0 Å². The first-order valence-corrected chi connectivity index (χ1v) is 14.9. The van der Waals surface area contributed by atoms with Crippen LogP contribution in [0.25, 0.3) is 6.08 Å². The number of allylic oxidation sites excluding steroid dienone is 1. The number of rotatable bonds is 9. The smallest absolute Gasteiger partial charge is 0.338 e. The minimum absolute atomic E-state index is 0.250. The average Bonchev–Trinajstić information content (AvgIpc) is 3.30. The zero-order valence-electron chi connectivity index (χ0n) is 23.2. The molecule has 42 heavy (non-hydrogen) atoms. The fraction of sp³-hybridized carbons (Fsp3) is 0.219. The molecule has 0 fully saturated rings. The Bertz CT molecular complexity index is 1850. The van der Waals surface area contributed by atoms with Crippen LogP contribution in [0.15, 0.2) is 87.8 Å². The van der Waals surface area contributed by atoms with Crippen LogP contribution >= 0.6 is 34.5 Å². The second-order valence-electron chi connectivity index (χ2n) is 9.38. The van der Waals surface area contributed by atoms with Gasteiger partial charge in [0.05, 0.1) is 40.6 Å². The summed E-state index contributed by atoms with van der Waals surface area (Å²) in [5.74, 6) is 0.339. The van der Waals surface area contributed by atoms with Crippen molar-refractivity contribution >= 4 is 46.6 Å². The molecule has 1 atom stereocenters. The van der Waals surface area contributed by atoms with E-state index in [9.17, 15) is 9.59 Å². The number of esters is 1. The lowest BCUT2D eigenvalue weighted by Crippen LogP contribution is -2.40. The van der Waals surface area contributed by atoms with Gasteiger partial charge in [0.2, 0.25) is 0 Å². The number of aromatic nitrogens is 1. The fourth-order valence-electron chi connectivity index (χ4n) is 4.82. The van der Waals surface area contributed by atoms with Crippen molar-refractivity contribution in [2.24, 2.45) is 4.99 Å². The van der Waals surface area contributed by atoms with Crippen molar-refractivity contribution in [1.82, 2.24) is 4.57 Å². The molecule has 5 rings (SSSR count). The number of carbonyl (C=O) groups excluding carboxylic acids is 1. The van der Waals surface area contributed by atoms with Crippen LogP contribution in [-0.2, 0) is 16.1 Å². The highest BCUT2D eigenvalue weighted by Crippen LogP contribution is 2.38. The van der Waals surface area contributed by atoms with E-state index in [1.54, 1.807) is 28.8 Å². The maximum atomic E-state index is 13.9. The molecular weight excluding hydrogens is 595 g/mol. The van der Waals surface area contributed by atoms with E-state index in [0.29, 0.717) is 60.7 Å². The molecule has 1 aromatic heterocycles. The Morgan fingerprint density at radius 1 is 1.05 bits per heavy atom. The van der Waals surface area contributed by atoms with Crippen molar-refractivity contribution in [3.63, 3.8) is 0 Å². The number of halogens is 2. The summed E-state index contributed by atoms with van der Waals surface area (Å²) in [6, 6.07) is 19.6. The molecule has 1 aliphatic heterocycles. The van der Waals surface area contributed by atoms with Gasteiger partial charge < -0.3 is 14.2 Å². The molecule has 0 radical (unpaired) electrons. The van der Waals surface area contributed by atoms with Gasteiger partial charge in [-0.3, -0.25) is 9.36 Å². The van der Waals surface area contributed by atoms with Crippen LogP contribution in [0.4, 0.5) is 0 Å². The van der Waals surface area contributed by atoms with Crippen molar-refractivity contribution in [3.05, 3.63) is 124 Å². The molecule has 0 saturated carbocycles. The van der Waals surface area contributed by atoms with Crippen molar-refractivity contribution < 1.29 is 19.0 Å². The van der Waals surface area contributed by atoms with Crippen LogP contribution in [0.3, 0.4) is 0 Å². The Labute approximate surface area is 256 Å². The Balaban J connectivity index is 1.60. The molecule has 0 N–H and O–H groups in total. The topological polar surface area (TPSA) is 79.1 Å². The van der Waals surface area contributed by atoms with Crippen molar-refractivity contribution in [2.45, 2.75) is 32.9 Å². The summed E-state index contributed by atoms with van der Waals surface area (Å²) in [6.45, 7) is 4.43.